The summed E-state index contributed by atoms with van der Waals surface area (Å²) < 4.78 is 113. The molecule has 234 valence electrons. The summed E-state index contributed by atoms with van der Waals surface area (Å²) in [5, 5.41) is 8.73. The van der Waals surface area contributed by atoms with Crippen molar-refractivity contribution in [1.82, 2.24) is 0 Å². The Morgan fingerprint density at radius 2 is 1.50 bits per heavy atom. The molecule has 1 fully saturated rings. The average Bonchev–Trinajstić information content (AvgIpc) is 2.96. The fraction of sp³-hybridized carbons (Fsp3) is 0.441. The van der Waals surface area contributed by atoms with Crippen LogP contribution >= 0.6 is 0 Å². The highest BCUT2D eigenvalue weighted by atomic mass is 19.3. The van der Waals surface area contributed by atoms with Crippen LogP contribution in [0.3, 0.4) is 0 Å². The van der Waals surface area contributed by atoms with E-state index in [1.165, 1.54) is 56.7 Å². The molecule has 2 aliphatic rings. The summed E-state index contributed by atoms with van der Waals surface area (Å²) in [6.07, 6.45) is 5.48. The van der Waals surface area contributed by atoms with E-state index in [0.29, 0.717) is 54.5 Å². The van der Waals surface area contributed by atoms with Crippen LogP contribution in [0.15, 0.2) is 36.4 Å². The van der Waals surface area contributed by atoms with Crippen molar-refractivity contribution in [2.24, 2.45) is 17.8 Å². The number of unbranched alkanes of at least 4 members (excludes halogenated alkanes) is 2. The van der Waals surface area contributed by atoms with Gasteiger partial charge in [-0.05, 0) is 72.4 Å². The molecule has 0 amide bonds. The number of benzene rings is 3. The summed E-state index contributed by atoms with van der Waals surface area (Å²) in [5.41, 5.74) is -2.80. The van der Waals surface area contributed by atoms with Crippen LogP contribution < -0.4 is 9.47 Å². The second kappa shape index (κ2) is 13.1. The zero-order valence-corrected chi connectivity index (χ0v) is 24.2. The Balaban J connectivity index is 1.31. The number of alkyl halides is 2. The molecule has 3 aromatic carbocycles. The Hall–Kier alpha value is -3.74. The van der Waals surface area contributed by atoms with Gasteiger partial charge in [0, 0.05) is 17.7 Å². The SMILES string of the molecule is CCCCCC1CCC(C2COc3cc(-c4cc(F)c(C(F)(F)Oc5cc(F)c(C#N)c(F)c5)c(F)c4)c(F)cc3C2)CC1. The van der Waals surface area contributed by atoms with Gasteiger partial charge < -0.3 is 9.47 Å². The maximum Gasteiger partial charge on any atom is 0.432 e. The molecule has 10 heteroatoms. The van der Waals surface area contributed by atoms with E-state index < -0.39 is 52.1 Å². The summed E-state index contributed by atoms with van der Waals surface area (Å²) in [4.78, 5) is 0. The molecule has 5 rings (SSSR count). The number of halogens is 7. The molecule has 0 saturated heterocycles. The van der Waals surface area contributed by atoms with Crippen LogP contribution in [-0.2, 0) is 12.5 Å². The number of hydrogen-bond acceptors (Lipinski definition) is 3. The molecule has 1 aliphatic carbocycles. The Labute approximate surface area is 251 Å². The van der Waals surface area contributed by atoms with Gasteiger partial charge in [-0.3, -0.25) is 0 Å². The van der Waals surface area contributed by atoms with Crippen molar-refractivity contribution < 1.29 is 40.2 Å². The Bertz CT molecular complexity index is 1510. The van der Waals surface area contributed by atoms with Crippen LogP contribution in [0.5, 0.6) is 11.5 Å². The lowest BCUT2D eigenvalue weighted by Crippen LogP contribution is -2.31. The first-order chi connectivity index (χ1) is 21.0. The molecule has 1 aliphatic heterocycles. The largest absolute Gasteiger partial charge is 0.493 e. The smallest absolute Gasteiger partial charge is 0.432 e. The number of ether oxygens (including phenoxy) is 2. The van der Waals surface area contributed by atoms with Crippen LogP contribution in [0.1, 0.15) is 75.0 Å². The summed E-state index contributed by atoms with van der Waals surface area (Å²) in [5.74, 6) is -6.54. The summed E-state index contributed by atoms with van der Waals surface area (Å²) in [6, 6.07) is 5.47. The van der Waals surface area contributed by atoms with Gasteiger partial charge in [0.2, 0.25) is 0 Å². The normalized spacial score (nSPS) is 20.0. The molecule has 0 spiro atoms. The van der Waals surface area contributed by atoms with Gasteiger partial charge in [-0.1, -0.05) is 45.4 Å². The quantitative estimate of drug-likeness (QED) is 0.177. The molecule has 1 heterocycles. The maximum absolute atomic E-state index is 15.3. The van der Waals surface area contributed by atoms with E-state index in [-0.39, 0.29) is 17.0 Å². The fourth-order valence-electron chi connectivity index (χ4n) is 6.50. The van der Waals surface area contributed by atoms with Gasteiger partial charge in [0.25, 0.3) is 0 Å². The zero-order chi connectivity index (χ0) is 31.6. The minimum Gasteiger partial charge on any atom is -0.493 e. The third-order valence-electron chi connectivity index (χ3n) is 8.88. The molecule has 0 N–H and O–H groups in total. The van der Waals surface area contributed by atoms with E-state index in [1.54, 1.807) is 0 Å². The number of nitriles is 1. The van der Waals surface area contributed by atoms with Gasteiger partial charge in [-0.25, -0.2) is 22.0 Å². The summed E-state index contributed by atoms with van der Waals surface area (Å²) in [7, 11) is 0. The van der Waals surface area contributed by atoms with Crippen molar-refractivity contribution in [2.75, 3.05) is 6.61 Å². The summed E-state index contributed by atoms with van der Waals surface area (Å²) in [6.45, 7) is 2.63. The van der Waals surface area contributed by atoms with E-state index in [2.05, 4.69) is 11.7 Å². The molecule has 1 atom stereocenters. The van der Waals surface area contributed by atoms with Crippen molar-refractivity contribution in [3.63, 3.8) is 0 Å². The number of rotatable bonds is 9. The monoisotopic (exact) mass is 619 g/mol. The highest BCUT2D eigenvalue weighted by Crippen LogP contribution is 2.43. The fourth-order valence-corrected chi connectivity index (χ4v) is 6.50. The maximum atomic E-state index is 15.3. The first kappa shape index (κ1) is 31.7. The van der Waals surface area contributed by atoms with E-state index in [0.717, 1.165) is 18.8 Å². The van der Waals surface area contributed by atoms with Gasteiger partial charge in [0.05, 0.1) is 6.61 Å². The van der Waals surface area contributed by atoms with Crippen molar-refractivity contribution in [2.45, 2.75) is 70.8 Å². The first-order valence-electron chi connectivity index (χ1n) is 14.9. The molecule has 1 saturated carbocycles. The molecule has 44 heavy (non-hydrogen) atoms. The second-order valence-corrected chi connectivity index (χ2v) is 11.8. The lowest BCUT2D eigenvalue weighted by molar-refractivity contribution is -0.189. The third-order valence-corrected chi connectivity index (χ3v) is 8.88. The number of fused-ring (bicyclic) bond motifs is 1. The van der Waals surface area contributed by atoms with Crippen LogP contribution in [0.2, 0.25) is 0 Å². The topological polar surface area (TPSA) is 42.2 Å². The standard InChI is InChI=1S/C34H32F7NO2/c1-2-3-4-5-19-6-8-20(9-7-19)23-10-22-13-27(35)25(16-32(22)43-18-23)21-11-30(38)33(31(39)12-21)34(40,41)44-24-14-28(36)26(17-42)29(37)15-24/h11-16,19-20,23H,2-10,18H2,1H3. The van der Waals surface area contributed by atoms with Crippen LogP contribution in [0, 0.1) is 58.2 Å². The van der Waals surface area contributed by atoms with Crippen molar-refractivity contribution in [3.05, 3.63) is 82.2 Å². The minimum atomic E-state index is -4.71. The predicted octanol–water partition coefficient (Wildman–Crippen LogP) is 9.99. The third kappa shape index (κ3) is 6.67. The molecule has 3 aromatic rings. The van der Waals surface area contributed by atoms with Crippen LogP contribution in [-0.4, -0.2) is 6.61 Å². The van der Waals surface area contributed by atoms with Crippen LogP contribution in [0.25, 0.3) is 11.1 Å². The number of nitrogens with zero attached hydrogens (tertiary/aromatic N) is 1. The first-order valence-corrected chi connectivity index (χ1v) is 14.9. The zero-order valence-electron chi connectivity index (χ0n) is 24.2. The van der Waals surface area contributed by atoms with E-state index >= 15 is 4.39 Å². The molecule has 0 radical (unpaired) electrons. The highest BCUT2D eigenvalue weighted by molar-refractivity contribution is 5.68. The lowest BCUT2D eigenvalue weighted by Gasteiger charge is -2.36. The Morgan fingerprint density at radius 3 is 2.11 bits per heavy atom. The average molecular weight is 620 g/mol. The lowest BCUT2D eigenvalue weighted by atomic mass is 9.72. The second-order valence-electron chi connectivity index (χ2n) is 11.8. The molecule has 0 aromatic heterocycles. The highest BCUT2D eigenvalue weighted by Gasteiger charge is 2.42. The van der Waals surface area contributed by atoms with Gasteiger partial charge in [-0.15, -0.1) is 0 Å². The van der Waals surface area contributed by atoms with E-state index in [9.17, 15) is 26.3 Å². The van der Waals surface area contributed by atoms with E-state index in [4.69, 9.17) is 10.00 Å². The number of hydrogen-bond donors (Lipinski definition) is 0. The molecule has 3 nitrogen and oxygen atoms in total. The molecule has 0 bridgehead atoms. The molecular formula is C34H32F7NO2. The van der Waals surface area contributed by atoms with Gasteiger partial charge in [-0.2, -0.15) is 14.0 Å². The van der Waals surface area contributed by atoms with Gasteiger partial charge in [0.1, 0.15) is 57.8 Å². The summed E-state index contributed by atoms with van der Waals surface area (Å²) >= 11 is 0. The van der Waals surface area contributed by atoms with E-state index in [1.807, 2.05) is 0 Å². The Morgan fingerprint density at radius 1 is 0.841 bits per heavy atom. The molecular weight excluding hydrogens is 587 g/mol. The van der Waals surface area contributed by atoms with Crippen molar-refractivity contribution >= 4 is 0 Å². The van der Waals surface area contributed by atoms with Gasteiger partial charge >= 0.3 is 6.11 Å². The van der Waals surface area contributed by atoms with Gasteiger partial charge in [0.15, 0.2) is 0 Å². The van der Waals surface area contributed by atoms with Crippen LogP contribution in [0.4, 0.5) is 30.7 Å². The Kier molecular flexibility index (Phi) is 9.42. The van der Waals surface area contributed by atoms with Crippen molar-refractivity contribution in [3.8, 4) is 28.7 Å². The van der Waals surface area contributed by atoms with Crippen molar-refractivity contribution in [1.29, 1.82) is 5.26 Å². The predicted molar refractivity (Wildman–Crippen MR) is 150 cm³/mol. The molecule has 1 unspecified atom stereocenters. The minimum absolute atomic E-state index is 0.235.